The molecule has 22 heavy (non-hydrogen) atoms. The molecule has 1 fully saturated rings. The van der Waals surface area contributed by atoms with Crippen LogP contribution in [0.4, 0.5) is 5.69 Å². The Morgan fingerprint density at radius 1 is 1.36 bits per heavy atom. The van der Waals surface area contributed by atoms with Crippen LogP contribution in [0.5, 0.6) is 5.75 Å². The van der Waals surface area contributed by atoms with Crippen LogP contribution in [0.3, 0.4) is 0 Å². The minimum Gasteiger partial charge on any atom is -0.477 e. The summed E-state index contributed by atoms with van der Waals surface area (Å²) < 4.78 is 5.35. The third-order valence-corrected chi connectivity index (χ3v) is 4.05. The number of carbonyl (C=O) groups is 1. The number of ether oxygens (including phenoxy) is 1. The summed E-state index contributed by atoms with van der Waals surface area (Å²) >= 11 is 0. The molecule has 1 N–H and O–H groups in total. The van der Waals surface area contributed by atoms with Crippen molar-refractivity contribution in [1.29, 1.82) is 0 Å². The lowest BCUT2D eigenvalue weighted by atomic mass is 9.87. The molecule has 1 aliphatic carbocycles. The van der Waals surface area contributed by atoms with Crippen molar-refractivity contribution < 1.29 is 14.5 Å². The second-order valence-electron chi connectivity index (χ2n) is 6.04. The number of rotatable bonds is 5. The summed E-state index contributed by atoms with van der Waals surface area (Å²) in [6.07, 6.45) is 4.21. The van der Waals surface area contributed by atoms with Crippen LogP contribution in [0.1, 0.15) is 38.2 Å². The average Bonchev–Trinajstić information content (AvgIpc) is 2.47. The van der Waals surface area contributed by atoms with Crippen molar-refractivity contribution in [3.8, 4) is 5.75 Å². The zero-order chi connectivity index (χ0) is 16.1. The van der Waals surface area contributed by atoms with Crippen molar-refractivity contribution in [2.45, 2.75) is 45.6 Å². The van der Waals surface area contributed by atoms with Gasteiger partial charge in [-0.2, -0.15) is 0 Å². The predicted molar refractivity (Wildman–Crippen MR) is 82.9 cm³/mol. The van der Waals surface area contributed by atoms with E-state index in [2.05, 4.69) is 12.2 Å². The number of benzene rings is 1. The molecule has 1 aromatic carbocycles. The number of hydrogen-bond acceptors (Lipinski definition) is 4. The third kappa shape index (κ3) is 4.44. The van der Waals surface area contributed by atoms with Gasteiger partial charge in [0.15, 0.2) is 12.4 Å². The first-order chi connectivity index (χ1) is 10.5. The zero-order valence-corrected chi connectivity index (χ0v) is 13.0. The smallest absolute Gasteiger partial charge is 0.310 e. The molecule has 120 valence electrons. The molecule has 0 atom stereocenters. The summed E-state index contributed by atoms with van der Waals surface area (Å²) in [5, 5.41) is 13.9. The van der Waals surface area contributed by atoms with Gasteiger partial charge in [0.25, 0.3) is 5.91 Å². The summed E-state index contributed by atoms with van der Waals surface area (Å²) in [6, 6.07) is 4.81. The molecule has 0 aliphatic heterocycles. The predicted octanol–water partition coefficient (Wildman–Crippen LogP) is 2.98. The Kier molecular flexibility index (Phi) is 5.35. The van der Waals surface area contributed by atoms with Crippen molar-refractivity contribution in [2.75, 3.05) is 6.61 Å². The van der Waals surface area contributed by atoms with Crippen LogP contribution in [0.25, 0.3) is 0 Å². The highest BCUT2D eigenvalue weighted by Gasteiger charge is 2.21. The largest absolute Gasteiger partial charge is 0.477 e. The van der Waals surface area contributed by atoms with Gasteiger partial charge in [0.05, 0.1) is 4.92 Å². The van der Waals surface area contributed by atoms with E-state index in [1.54, 1.807) is 12.1 Å². The van der Waals surface area contributed by atoms with Crippen molar-refractivity contribution in [3.63, 3.8) is 0 Å². The maximum absolute atomic E-state index is 11.9. The molecular weight excluding hydrogens is 284 g/mol. The number of nitrogens with one attached hydrogen (secondary N) is 1. The Hall–Kier alpha value is -2.11. The van der Waals surface area contributed by atoms with E-state index in [9.17, 15) is 14.9 Å². The molecule has 0 bridgehead atoms. The maximum atomic E-state index is 11.9. The minimum atomic E-state index is -0.505. The summed E-state index contributed by atoms with van der Waals surface area (Å²) in [4.78, 5) is 22.4. The molecule has 0 unspecified atom stereocenters. The van der Waals surface area contributed by atoms with Crippen molar-refractivity contribution >= 4 is 11.6 Å². The zero-order valence-electron chi connectivity index (χ0n) is 13.0. The lowest BCUT2D eigenvalue weighted by molar-refractivity contribution is -0.385. The molecule has 0 spiro atoms. The van der Waals surface area contributed by atoms with Crippen LogP contribution in [0.15, 0.2) is 18.2 Å². The SMILES string of the molecule is Cc1ccc([N+](=O)[O-])c(OCC(=O)NC2CCC(C)CC2)c1. The van der Waals surface area contributed by atoms with Gasteiger partial charge >= 0.3 is 5.69 Å². The van der Waals surface area contributed by atoms with Crippen LogP contribution < -0.4 is 10.1 Å². The summed E-state index contributed by atoms with van der Waals surface area (Å²) in [5.74, 6) is 0.632. The Morgan fingerprint density at radius 2 is 2.05 bits per heavy atom. The summed E-state index contributed by atoms with van der Waals surface area (Å²) in [5.41, 5.74) is 0.729. The first kappa shape index (κ1) is 16.3. The fraction of sp³-hybridized carbons (Fsp3) is 0.562. The van der Waals surface area contributed by atoms with E-state index in [1.165, 1.54) is 6.07 Å². The Morgan fingerprint density at radius 3 is 2.68 bits per heavy atom. The number of aryl methyl sites for hydroxylation is 1. The molecule has 6 nitrogen and oxygen atoms in total. The van der Waals surface area contributed by atoms with E-state index in [1.807, 2.05) is 6.92 Å². The first-order valence-corrected chi connectivity index (χ1v) is 7.63. The van der Waals surface area contributed by atoms with E-state index in [0.717, 1.165) is 37.2 Å². The van der Waals surface area contributed by atoms with E-state index in [-0.39, 0.29) is 30.0 Å². The number of nitro benzene ring substituents is 1. The molecule has 1 saturated carbocycles. The monoisotopic (exact) mass is 306 g/mol. The van der Waals surface area contributed by atoms with Gasteiger partial charge in [0, 0.05) is 12.1 Å². The normalized spacial score (nSPS) is 21.2. The Labute approximate surface area is 130 Å². The molecule has 2 rings (SSSR count). The molecule has 0 heterocycles. The summed E-state index contributed by atoms with van der Waals surface area (Å²) in [7, 11) is 0. The van der Waals surface area contributed by atoms with E-state index in [0.29, 0.717) is 0 Å². The molecule has 0 radical (unpaired) electrons. The van der Waals surface area contributed by atoms with Crippen LogP contribution in [-0.4, -0.2) is 23.5 Å². The number of amides is 1. The fourth-order valence-electron chi connectivity index (χ4n) is 2.70. The van der Waals surface area contributed by atoms with Crippen LogP contribution in [0.2, 0.25) is 0 Å². The topological polar surface area (TPSA) is 81.5 Å². The lowest BCUT2D eigenvalue weighted by Crippen LogP contribution is -2.39. The van der Waals surface area contributed by atoms with Gasteiger partial charge < -0.3 is 10.1 Å². The van der Waals surface area contributed by atoms with Gasteiger partial charge in [-0.05, 0) is 50.2 Å². The van der Waals surface area contributed by atoms with Crippen LogP contribution >= 0.6 is 0 Å². The third-order valence-electron chi connectivity index (χ3n) is 4.05. The molecular formula is C16H22N2O4. The van der Waals surface area contributed by atoms with Crippen molar-refractivity contribution in [3.05, 3.63) is 33.9 Å². The second kappa shape index (κ2) is 7.24. The molecule has 1 amide bonds. The second-order valence-corrected chi connectivity index (χ2v) is 6.04. The average molecular weight is 306 g/mol. The van der Waals surface area contributed by atoms with E-state index in [4.69, 9.17) is 4.74 Å². The van der Waals surface area contributed by atoms with Crippen LogP contribution in [-0.2, 0) is 4.79 Å². The lowest BCUT2D eigenvalue weighted by Gasteiger charge is -2.26. The Bertz CT molecular complexity index is 551. The quantitative estimate of drug-likeness (QED) is 0.669. The number of nitrogens with zero attached hydrogens (tertiary/aromatic N) is 1. The molecule has 6 heteroatoms. The minimum absolute atomic E-state index is 0.120. The van der Waals surface area contributed by atoms with Gasteiger partial charge in [0.2, 0.25) is 0 Å². The highest BCUT2D eigenvalue weighted by Crippen LogP contribution is 2.27. The van der Waals surface area contributed by atoms with Crippen molar-refractivity contribution in [1.82, 2.24) is 5.32 Å². The number of carbonyl (C=O) groups excluding carboxylic acids is 1. The molecule has 0 saturated heterocycles. The fourth-order valence-corrected chi connectivity index (χ4v) is 2.70. The summed E-state index contributed by atoms with van der Waals surface area (Å²) in [6.45, 7) is 3.84. The highest BCUT2D eigenvalue weighted by atomic mass is 16.6. The van der Waals surface area contributed by atoms with Crippen LogP contribution in [0, 0.1) is 23.0 Å². The van der Waals surface area contributed by atoms with Gasteiger partial charge in [-0.3, -0.25) is 14.9 Å². The van der Waals surface area contributed by atoms with Crippen molar-refractivity contribution in [2.24, 2.45) is 5.92 Å². The van der Waals surface area contributed by atoms with E-state index < -0.39 is 4.92 Å². The first-order valence-electron chi connectivity index (χ1n) is 7.63. The van der Waals surface area contributed by atoms with Gasteiger partial charge in [0.1, 0.15) is 0 Å². The Balaban J connectivity index is 1.88. The standard InChI is InChI=1S/C16H22N2O4/c1-11-3-6-13(7-4-11)17-16(19)10-22-15-9-12(2)5-8-14(15)18(20)21/h5,8-9,11,13H,3-4,6-7,10H2,1-2H3,(H,17,19). The molecule has 0 aromatic heterocycles. The number of hydrogen-bond donors (Lipinski definition) is 1. The van der Waals surface area contributed by atoms with E-state index >= 15 is 0 Å². The van der Waals surface area contributed by atoms with Gasteiger partial charge in [-0.15, -0.1) is 0 Å². The molecule has 1 aliphatic rings. The highest BCUT2D eigenvalue weighted by molar-refractivity contribution is 5.78. The van der Waals surface area contributed by atoms with Gasteiger partial charge in [-0.1, -0.05) is 13.0 Å². The molecule has 1 aromatic rings. The number of nitro groups is 1. The maximum Gasteiger partial charge on any atom is 0.310 e. The van der Waals surface area contributed by atoms with Gasteiger partial charge in [-0.25, -0.2) is 0 Å².